The summed E-state index contributed by atoms with van der Waals surface area (Å²) in [6, 6.07) is -1.05. The van der Waals surface area contributed by atoms with Gasteiger partial charge in [0.15, 0.2) is 0 Å². The Morgan fingerprint density at radius 3 is 2.30 bits per heavy atom. The van der Waals surface area contributed by atoms with Gasteiger partial charge in [-0.1, -0.05) is 44.6 Å². The zero-order valence-corrected chi connectivity index (χ0v) is 35.1. The number of fused-ring (bicyclic) bond motifs is 3. The number of aliphatic hydroxyl groups is 2. The molecule has 0 unspecified atom stereocenters. The summed E-state index contributed by atoms with van der Waals surface area (Å²) in [6.45, 7) is 13.7. The van der Waals surface area contributed by atoms with Gasteiger partial charge in [0.2, 0.25) is 5.79 Å². The highest BCUT2D eigenvalue weighted by Crippen LogP contribution is 2.39. The lowest BCUT2D eigenvalue weighted by atomic mass is 9.82. The molecule has 3 fully saturated rings. The number of ether oxygens (including phenoxy) is 5. The third-order valence-corrected chi connectivity index (χ3v) is 12.7. The molecule has 4 aliphatic rings. The molecule has 12 nitrogen and oxygen atoms in total. The lowest BCUT2D eigenvalue weighted by Crippen LogP contribution is -2.64. The number of esters is 1. The van der Waals surface area contributed by atoms with Crippen molar-refractivity contribution >= 4 is 23.4 Å². The quantitative estimate of drug-likeness (QED) is 0.186. The second kappa shape index (κ2) is 20.8. The Labute approximate surface area is 334 Å². The SMILES string of the molecule is C=CC[C@@H]1/C=C(\C)C[C@H](C)C[C@H](OC)[C@H]2O[C@@](O)(C(=O)C(=O)N3CCCC[C@H]3C(=O)O[C@H](/C(C)=C/[C@@H]3CC[C@@H](O)[C@H](OC)C3)[C@H](C)CCC1=O)[C@H](C)C[C@@H]2OC. The van der Waals surface area contributed by atoms with Crippen LogP contribution in [-0.4, -0.2) is 115 Å². The molecule has 1 aliphatic carbocycles. The molecule has 1 saturated carbocycles. The number of cyclic esters (lactones) is 1. The Kier molecular flexibility index (Phi) is 17.1. The maximum Gasteiger partial charge on any atom is 0.329 e. The second-order valence-electron chi connectivity index (χ2n) is 17.2. The molecule has 12 heteroatoms. The number of carbonyl (C=O) groups is 4. The Morgan fingerprint density at radius 2 is 1.64 bits per heavy atom. The van der Waals surface area contributed by atoms with Crippen molar-refractivity contribution in [3.63, 3.8) is 0 Å². The Morgan fingerprint density at radius 1 is 0.964 bits per heavy atom. The minimum absolute atomic E-state index is 0.0649. The number of allylic oxidation sites excluding steroid dienone is 4. The summed E-state index contributed by atoms with van der Waals surface area (Å²) in [5, 5.41) is 22.4. The van der Waals surface area contributed by atoms with Gasteiger partial charge in [0.25, 0.3) is 11.7 Å². The van der Waals surface area contributed by atoms with Crippen molar-refractivity contribution in [3.8, 4) is 0 Å². The molecule has 2 N–H and O–H groups in total. The number of aliphatic hydroxyl groups excluding tert-OH is 1. The van der Waals surface area contributed by atoms with E-state index in [1.165, 1.54) is 4.90 Å². The minimum atomic E-state index is -2.47. The molecule has 0 aromatic heterocycles. The van der Waals surface area contributed by atoms with Crippen LogP contribution in [0, 0.1) is 29.6 Å². The van der Waals surface area contributed by atoms with Crippen LogP contribution in [0.25, 0.3) is 0 Å². The molecule has 0 radical (unpaired) electrons. The summed E-state index contributed by atoms with van der Waals surface area (Å²) >= 11 is 0. The van der Waals surface area contributed by atoms with Crippen LogP contribution in [0.2, 0.25) is 0 Å². The molecule has 1 amide bonds. The third-order valence-electron chi connectivity index (χ3n) is 12.7. The van der Waals surface area contributed by atoms with Gasteiger partial charge < -0.3 is 38.8 Å². The third kappa shape index (κ3) is 11.0. The number of Topliss-reactive ketones (excluding diaryl/α,β-unsaturated/α-hetero) is 2. The van der Waals surface area contributed by atoms with E-state index in [-0.39, 0.29) is 61.4 Å². The number of rotatable bonds is 7. The van der Waals surface area contributed by atoms with E-state index in [0.717, 1.165) is 17.6 Å². The zero-order valence-electron chi connectivity index (χ0n) is 35.1. The van der Waals surface area contributed by atoms with E-state index in [2.05, 4.69) is 19.6 Å². The molecule has 316 valence electrons. The van der Waals surface area contributed by atoms with E-state index in [1.54, 1.807) is 34.3 Å². The van der Waals surface area contributed by atoms with E-state index in [4.69, 9.17) is 23.7 Å². The number of nitrogens with zero attached hydrogens (tertiary/aromatic N) is 1. The molecule has 2 saturated heterocycles. The van der Waals surface area contributed by atoms with Crippen LogP contribution in [0.5, 0.6) is 0 Å². The van der Waals surface area contributed by atoms with Gasteiger partial charge in [0.05, 0.1) is 24.4 Å². The molecule has 2 bridgehead atoms. The molecule has 0 aromatic rings. The molecule has 3 aliphatic heterocycles. The molecule has 3 heterocycles. The first kappa shape index (κ1) is 46.0. The number of hydrogen-bond donors (Lipinski definition) is 2. The van der Waals surface area contributed by atoms with Crippen LogP contribution in [0.15, 0.2) is 36.0 Å². The molecular weight excluding hydrogens is 718 g/mol. The van der Waals surface area contributed by atoms with Crippen LogP contribution in [0.4, 0.5) is 0 Å². The second-order valence-corrected chi connectivity index (χ2v) is 17.2. The normalized spacial score (nSPS) is 40.1. The van der Waals surface area contributed by atoms with Crippen molar-refractivity contribution < 1.29 is 53.1 Å². The predicted molar refractivity (Wildman–Crippen MR) is 211 cm³/mol. The molecule has 56 heavy (non-hydrogen) atoms. The van der Waals surface area contributed by atoms with Crippen molar-refractivity contribution in [2.24, 2.45) is 29.6 Å². The fourth-order valence-electron chi connectivity index (χ4n) is 9.43. The fraction of sp³-hybridized carbons (Fsp3) is 0.773. The molecule has 0 spiro atoms. The largest absolute Gasteiger partial charge is 0.456 e. The maximum absolute atomic E-state index is 14.3. The highest BCUT2D eigenvalue weighted by atomic mass is 16.7. The van der Waals surface area contributed by atoms with E-state index in [0.29, 0.717) is 51.4 Å². The summed E-state index contributed by atoms with van der Waals surface area (Å²) in [4.78, 5) is 57.8. The number of hydrogen-bond acceptors (Lipinski definition) is 11. The lowest BCUT2D eigenvalue weighted by Gasteiger charge is -2.47. The summed E-state index contributed by atoms with van der Waals surface area (Å²) in [6.07, 6.45) is 8.39. The van der Waals surface area contributed by atoms with Crippen molar-refractivity contribution in [2.45, 2.75) is 160 Å². The number of carbonyl (C=O) groups excluding carboxylic acids is 4. The average Bonchev–Trinajstić information content (AvgIpc) is 3.18. The molecular formula is C44H69NO11. The van der Waals surface area contributed by atoms with E-state index in [9.17, 15) is 29.4 Å². The number of methoxy groups -OCH3 is 3. The van der Waals surface area contributed by atoms with Crippen molar-refractivity contribution in [1.29, 1.82) is 0 Å². The average molecular weight is 788 g/mol. The summed E-state index contributed by atoms with van der Waals surface area (Å²) < 4.78 is 29.9. The maximum atomic E-state index is 14.3. The van der Waals surface area contributed by atoms with Gasteiger partial charge in [-0.25, -0.2) is 4.79 Å². The van der Waals surface area contributed by atoms with E-state index < -0.39 is 65.9 Å². The van der Waals surface area contributed by atoms with Gasteiger partial charge in [0, 0.05) is 46.1 Å². The summed E-state index contributed by atoms with van der Waals surface area (Å²) in [5.74, 6) is -6.43. The summed E-state index contributed by atoms with van der Waals surface area (Å²) in [5.41, 5.74) is 1.86. The molecule has 0 aromatic carbocycles. The van der Waals surface area contributed by atoms with Crippen molar-refractivity contribution in [1.82, 2.24) is 4.90 Å². The first-order valence-electron chi connectivity index (χ1n) is 20.8. The van der Waals surface area contributed by atoms with Crippen LogP contribution in [0.1, 0.15) is 112 Å². The van der Waals surface area contributed by atoms with E-state index >= 15 is 0 Å². The van der Waals surface area contributed by atoms with Crippen LogP contribution >= 0.6 is 0 Å². The van der Waals surface area contributed by atoms with Crippen molar-refractivity contribution in [3.05, 3.63) is 36.0 Å². The van der Waals surface area contributed by atoms with Gasteiger partial charge in [-0.3, -0.25) is 14.4 Å². The van der Waals surface area contributed by atoms with Gasteiger partial charge in [-0.05, 0) is 108 Å². The predicted octanol–water partition coefficient (Wildman–Crippen LogP) is 5.67. The van der Waals surface area contributed by atoms with E-state index in [1.807, 2.05) is 26.8 Å². The van der Waals surface area contributed by atoms with Gasteiger partial charge in [-0.15, -0.1) is 6.58 Å². The smallest absolute Gasteiger partial charge is 0.329 e. The fourth-order valence-corrected chi connectivity index (χ4v) is 9.43. The first-order valence-corrected chi connectivity index (χ1v) is 20.8. The number of piperidine rings is 1. The van der Waals surface area contributed by atoms with Crippen LogP contribution < -0.4 is 0 Å². The minimum Gasteiger partial charge on any atom is -0.456 e. The van der Waals surface area contributed by atoms with Crippen LogP contribution in [0.3, 0.4) is 0 Å². The van der Waals surface area contributed by atoms with Gasteiger partial charge in [0.1, 0.15) is 24.0 Å². The van der Waals surface area contributed by atoms with Crippen LogP contribution in [-0.2, 0) is 42.9 Å². The zero-order chi connectivity index (χ0) is 41.3. The Bertz CT molecular complexity index is 1440. The highest BCUT2D eigenvalue weighted by Gasteiger charge is 2.56. The topological polar surface area (TPSA) is 158 Å². The monoisotopic (exact) mass is 787 g/mol. The van der Waals surface area contributed by atoms with Gasteiger partial charge in [-0.2, -0.15) is 0 Å². The number of ketones is 2. The molecule has 13 atom stereocenters. The summed E-state index contributed by atoms with van der Waals surface area (Å²) in [7, 11) is 4.68. The Hall–Kier alpha value is -2.74. The van der Waals surface area contributed by atoms with Crippen molar-refractivity contribution in [2.75, 3.05) is 27.9 Å². The lowest BCUT2D eigenvalue weighted by molar-refractivity contribution is -0.302. The standard InChI is InChI=1S/C44H69NO11/c1-10-13-32-21-26(2)20-27(3)22-37(53-8)40-38(54-9)24-30(6)44(51,56-40)41(48)42(49)45-19-12-11-14-33(45)43(50)55-39(28(4)15-17-34(32)46)29(5)23-31-16-18-35(47)36(25-31)52-7/h10,21,23,27-28,30-33,35-40,47,51H,1,11-20,22,24-25H2,2-9H3/b26-21+,29-23+/t27-,28+,30+,31-,32+,33-,35+,36+,37-,38-,39-,40+,44+/m0/s1. The van der Waals surface area contributed by atoms with Gasteiger partial charge >= 0.3 is 5.97 Å². The highest BCUT2D eigenvalue weighted by molar-refractivity contribution is 6.39. The Balaban J connectivity index is 1.75. The number of amides is 1. The first-order chi connectivity index (χ1) is 26.6. The molecule has 4 rings (SSSR count).